The first-order valence-electron chi connectivity index (χ1n) is 5.09. The number of thiophene rings is 1. The molecule has 5 heteroatoms. The number of carboxylic acids is 1. The summed E-state index contributed by atoms with van der Waals surface area (Å²) in [7, 11) is 0. The fraction of sp³-hybridized carbons (Fsp3) is 0.364. The minimum atomic E-state index is -0.857. The number of hydrogen-bond acceptors (Lipinski definition) is 4. The molecule has 0 amide bonds. The van der Waals surface area contributed by atoms with E-state index >= 15 is 0 Å². The van der Waals surface area contributed by atoms with Crippen molar-refractivity contribution in [3.8, 4) is 0 Å². The van der Waals surface area contributed by atoms with E-state index in [2.05, 4.69) is 16.9 Å². The topological polar surface area (TPSA) is 63.1 Å². The summed E-state index contributed by atoms with van der Waals surface area (Å²) in [6.45, 7) is 3.71. The fourth-order valence-electron chi connectivity index (χ4n) is 1.56. The van der Waals surface area contributed by atoms with Crippen LogP contribution in [-0.4, -0.2) is 21.0 Å². The molecule has 1 unspecified atom stereocenters. The quantitative estimate of drug-likeness (QED) is 0.889. The van der Waals surface area contributed by atoms with E-state index in [0.717, 1.165) is 16.6 Å². The zero-order valence-electron chi connectivity index (χ0n) is 9.10. The van der Waals surface area contributed by atoms with Crippen molar-refractivity contribution in [2.45, 2.75) is 26.2 Å². The molecule has 0 aliphatic carbocycles. The molecule has 4 nitrogen and oxygen atoms in total. The highest BCUT2D eigenvalue weighted by molar-refractivity contribution is 7.18. The van der Waals surface area contributed by atoms with E-state index in [9.17, 15) is 4.79 Å². The minimum absolute atomic E-state index is 0.593. The maximum absolute atomic E-state index is 11.0. The van der Waals surface area contributed by atoms with Gasteiger partial charge < -0.3 is 5.11 Å². The van der Waals surface area contributed by atoms with Crippen molar-refractivity contribution >= 4 is 27.5 Å². The van der Waals surface area contributed by atoms with Gasteiger partial charge in [0.25, 0.3) is 0 Å². The second kappa shape index (κ2) is 4.17. The van der Waals surface area contributed by atoms with Crippen molar-refractivity contribution in [3.05, 3.63) is 23.0 Å². The number of aryl methyl sites for hydroxylation is 1. The molecule has 0 fully saturated rings. The van der Waals surface area contributed by atoms with Crippen LogP contribution in [-0.2, 0) is 11.2 Å². The summed E-state index contributed by atoms with van der Waals surface area (Å²) in [5.74, 6) is -1.45. The fourth-order valence-corrected chi connectivity index (χ4v) is 2.50. The predicted molar refractivity (Wildman–Crippen MR) is 62.8 cm³/mol. The summed E-state index contributed by atoms with van der Waals surface area (Å²) in [6, 6.07) is 1.99. The number of carboxylic acid groups (broad SMARTS) is 1. The summed E-state index contributed by atoms with van der Waals surface area (Å²) >= 11 is 1.60. The molecule has 16 heavy (non-hydrogen) atoms. The van der Waals surface area contributed by atoms with Crippen molar-refractivity contribution in [3.63, 3.8) is 0 Å². The highest BCUT2D eigenvalue weighted by Crippen LogP contribution is 2.29. The maximum Gasteiger partial charge on any atom is 0.312 e. The Kier molecular flexibility index (Phi) is 2.87. The Balaban J connectivity index is 2.60. The number of fused-ring (bicyclic) bond motifs is 1. The molecule has 0 bridgehead atoms. The summed E-state index contributed by atoms with van der Waals surface area (Å²) in [6.07, 6.45) is 2.37. The van der Waals surface area contributed by atoms with Crippen molar-refractivity contribution < 1.29 is 9.90 Å². The molecular weight excluding hydrogens is 224 g/mol. The maximum atomic E-state index is 11.0. The molecule has 84 valence electrons. The van der Waals surface area contributed by atoms with E-state index in [4.69, 9.17) is 5.11 Å². The van der Waals surface area contributed by atoms with Crippen LogP contribution in [0, 0.1) is 0 Å². The third-order valence-electron chi connectivity index (χ3n) is 2.54. The molecule has 0 spiro atoms. The average Bonchev–Trinajstić information content (AvgIpc) is 2.70. The van der Waals surface area contributed by atoms with Gasteiger partial charge in [-0.15, -0.1) is 11.3 Å². The molecule has 2 rings (SSSR count). The third kappa shape index (κ3) is 1.78. The summed E-state index contributed by atoms with van der Waals surface area (Å²) in [5, 5.41) is 9.88. The predicted octanol–water partition coefficient (Wildman–Crippen LogP) is 2.44. The van der Waals surface area contributed by atoms with Gasteiger partial charge in [-0.1, -0.05) is 6.92 Å². The minimum Gasteiger partial charge on any atom is -0.481 e. The Morgan fingerprint density at radius 1 is 1.56 bits per heavy atom. The summed E-state index contributed by atoms with van der Waals surface area (Å²) < 4.78 is 0. The largest absolute Gasteiger partial charge is 0.481 e. The van der Waals surface area contributed by atoms with Crippen LogP contribution in [0.15, 0.2) is 12.4 Å². The first-order valence-corrected chi connectivity index (χ1v) is 5.91. The van der Waals surface area contributed by atoms with Crippen LogP contribution in [0.4, 0.5) is 0 Å². The van der Waals surface area contributed by atoms with Crippen molar-refractivity contribution in [1.82, 2.24) is 9.97 Å². The SMILES string of the molecule is CCc1cc2c(C(C)C(=O)O)ncnc2s1. The van der Waals surface area contributed by atoms with E-state index in [-0.39, 0.29) is 0 Å². The molecule has 2 aromatic rings. The summed E-state index contributed by atoms with van der Waals surface area (Å²) in [5.41, 5.74) is 0.605. The molecule has 0 aliphatic heterocycles. The molecule has 1 atom stereocenters. The molecule has 0 saturated heterocycles. The number of carbonyl (C=O) groups is 1. The molecule has 2 aromatic heterocycles. The Morgan fingerprint density at radius 2 is 2.31 bits per heavy atom. The van der Waals surface area contributed by atoms with Gasteiger partial charge in [-0.2, -0.15) is 0 Å². The van der Waals surface area contributed by atoms with Crippen LogP contribution in [0.2, 0.25) is 0 Å². The van der Waals surface area contributed by atoms with Crippen LogP contribution in [0.3, 0.4) is 0 Å². The zero-order chi connectivity index (χ0) is 11.7. The van der Waals surface area contributed by atoms with E-state index in [1.807, 2.05) is 6.07 Å². The second-order valence-electron chi connectivity index (χ2n) is 3.60. The van der Waals surface area contributed by atoms with Gasteiger partial charge in [0.05, 0.1) is 11.6 Å². The van der Waals surface area contributed by atoms with Crippen LogP contribution >= 0.6 is 11.3 Å². The number of aliphatic carboxylic acids is 1. The van der Waals surface area contributed by atoms with Crippen LogP contribution in [0.25, 0.3) is 10.2 Å². The van der Waals surface area contributed by atoms with Crippen LogP contribution in [0.1, 0.15) is 30.3 Å². The van der Waals surface area contributed by atoms with Gasteiger partial charge in [-0.3, -0.25) is 4.79 Å². The Labute approximate surface area is 97.0 Å². The first kappa shape index (κ1) is 11.0. The molecule has 1 N–H and O–H groups in total. The van der Waals surface area contributed by atoms with Gasteiger partial charge >= 0.3 is 5.97 Å². The highest BCUT2D eigenvalue weighted by Gasteiger charge is 2.19. The average molecular weight is 236 g/mol. The van der Waals surface area contributed by atoms with Gasteiger partial charge in [0.15, 0.2) is 0 Å². The smallest absolute Gasteiger partial charge is 0.312 e. The lowest BCUT2D eigenvalue weighted by Crippen LogP contribution is -2.09. The lowest BCUT2D eigenvalue weighted by atomic mass is 10.1. The zero-order valence-corrected chi connectivity index (χ0v) is 9.91. The molecule has 0 saturated carbocycles. The van der Waals surface area contributed by atoms with Gasteiger partial charge in [-0.05, 0) is 19.4 Å². The van der Waals surface area contributed by atoms with Gasteiger partial charge in [0.1, 0.15) is 11.2 Å². The molecular formula is C11H12N2O2S. The monoisotopic (exact) mass is 236 g/mol. The standard InChI is InChI=1S/C11H12N2O2S/c1-3-7-4-8-9(6(2)11(14)15)12-5-13-10(8)16-7/h4-6H,3H2,1-2H3,(H,14,15). The Bertz CT molecular complexity index is 536. The van der Waals surface area contributed by atoms with Crippen molar-refractivity contribution in [2.75, 3.05) is 0 Å². The molecule has 2 heterocycles. The first-order chi connectivity index (χ1) is 7.63. The number of rotatable bonds is 3. The summed E-state index contributed by atoms with van der Waals surface area (Å²) in [4.78, 5) is 21.3. The molecule has 0 aliphatic rings. The normalized spacial score (nSPS) is 12.9. The lowest BCUT2D eigenvalue weighted by molar-refractivity contribution is -0.138. The molecule has 0 radical (unpaired) electrons. The van der Waals surface area contributed by atoms with Gasteiger partial charge in [0, 0.05) is 10.3 Å². The number of hydrogen-bond donors (Lipinski definition) is 1. The Morgan fingerprint density at radius 3 is 2.94 bits per heavy atom. The van der Waals surface area contributed by atoms with E-state index in [1.54, 1.807) is 18.3 Å². The lowest BCUT2D eigenvalue weighted by Gasteiger charge is -2.05. The second-order valence-corrected chi connectivity index (χ2v) is 4.72. The van der Waals surface area contributed by atoms with Crippen LogP contribution < -0.4 is 0 Å². The highest BCUT2D eigenvalue weighted by atomic mass is 32.1. The Hall–Kier alpha value is -1.49. The van der Waals surface area contributed by atoms with E-state index < -0.39 is 11.9 Å². The molecule has 0 aromatic carbocycles. The van der Waals surface area contributed by atoms with Crippen molar-refractivity contribution in [1.29, 1.82) is 0 Å². The van der Waals surface area contributed by atoms with Gasteiger partial charge in [0.2, 0.25) is 0 Å². The van der Waals surface area contributed by atoms with Crippen molar-refractivity contribution in [2.24, 2.45) is 0 Å². The number of aromatic nitrogens is 2. The number of nitrogens with zero attached hydrogens (tertiary/aromatic N) is 2. The van der Waals surface area contributed by atoms with Crippen LogP contribution in [0.5, 0.6) is 0 Å². The van der Waals surface area contributed by atoms with Gasteiger partial charge in [-0.25, -0.2) is 9.97 Å². The van der Waals surface area contributed by atoms with E-state index in [1.165, 1.54) is 11.2 Å². The third-order valence-corrected chi connectivity index (χ3v) is 3.73. The van der Waals surface area contributed by atoms with E-state index in [0.29, 0.717) is 5.69 Å².